The highest BCUT2D eigenvalue weighted by molar-refractivity contribution is 9.10. The van der Waals surface area contributed by atoms with E-state index in [2.05, 4.69) is 21.2 Å². The molecule has 0 bridgehead atoms. The van der Waals surface area contributed by atoms with E-state index in [0.717, 1.165) is 23.0 Å². The molecule has 1 N–H and O–H groups in total. The van der Waals surface area contributed by atoms with Crippen LogP contribution in [0.25, 0.3) is 0 Å². The number of hydrogen-bond donors (Lipinski definition) is 1. The van der Waals surface area contributed by atoms with Gasteiger partial charge in [-0.05, 0) is 55.5 Å². The van der Waals surface area contributed by atoms with Crippen molar-refractivity contribution in [2.75, 3.05) is 5.32 Å². The van der Waals surface area contributed by atoms with Crippen LogP contribution in [0.15, 0.2) is 53.0 Å². The lowest BCUT2D eigenvalue weighted by Crippen LogP contribution is -2.41. The minimum atomic E-state index is -0.236. The molecular formula is C21H19BrN2O3. The zero-order chi connectivity index (χ0) is 19.0. The van der Waals surface area contributed by atoms with Crippen molar-refractivity contribution in [3.63, 3.8) is 0 Å². The Morgan fingerprint density at radius 2 is 1.74 bits per heavy atom. The van der Waals surface area contributed by atoms with Gasteiger partial charge in [-0.1, -0.05) is 34.1 Å². The van der Waals surface area contributed by atoms with Crippen molar-refractivity contribution in [3.05, 3.63) is 64.1 Å². The van der Waals surface area contributed by atoms with E-state index in [-0.39, 0.29) is 30.2 Å². The van der Waals surface area contributed by atoms with E-state index in [1.165, 1.54) is 4.90 Å². The van der Waals surface area contributed by atoms with Crippen LogP contribution in [0.4, 0.5) is 5.69 Å². The van der Waals surface area contributed by atoms with Gasteiger partial charge < -0.3 is 5.32 Å². The molecule has 0 radical (unpaired) electrons. The van der Waals surface area contributed by atoms with Crippen molar-refractivity contribution in [2.45, 2.75) is 31.7 Å². The van der Waals surface area contributed by atoms with Crippen LogP contribution in [-0.2, 0) is 4.79 Å². The maximum Gasteiger partial charge on any atom is 0.261 e. The first kappa shape index (κ1) is 17.9. The molecule has 0 aromatic heterocycles. The minimum absolute atomic E-state index is 0.115. The van der Waals surface area contributed by atoms with E-state index >= 15 is 0 Å². The predicted molar refractivity (Wildman–Crippen MR) is 105 cm³/mol. The molecule has 138 valence electrons. The quantitative estimate of drug-likeness (QED) is 0.702. The smallest absolute Gasteiger partial charge is 0.261 e. The summed E-state index contributed by atoms with van der Waals surface area (Å²) < 4.78 is 0.891. The number of anilines is 1. The van der Waals surface area contributed by atoms with Gasteiger partial charge in [-0.2, -0.15) is 0 Å². The summed E-state index contributed by atoms with van der Waals surface area (Å²) in [5.74, 6) is -0.291. The van der Waals surface area contributed by atoms with Gasteiger partial charge in [0.25, 0.3) is 11.8 Å². The van der Waals surface area contributed by atoms with Crippen molar-refractivity contribution in [1.82, 2.24) is 4.90 Å². The second-order valence-electron chi connectivity index (χ2n) is 7.03. The first-order valence-electron chi connectivity index (χ1n) is 9.07. The van der Waals surface area contributed by atoms with Crippen LogP contribution >= 0.6 is 15.9 Å². The number of amides is 3. The number of imide groups is 1. The molecule has 2 aromatic carbocycles. The maximum atomic E-state index is 12.8. The Balaban J connectivity index is 1.44. The van der Waals surface area contributed by atoms with Gasteiger partial charge in [0.05, 0.1) is 11.1 Å². The van der Waals surface area contributed by atoms with Gasteiger partial charge in [0.1, 0.15) is 0 Å². The lowest BCUT2D eigenvalue weighted by atomic mass is 10.0. The van der Waals surface area contributed by atoms with Crippen LogP contribution in [0, 0.1) is 5.92 Å². The molecule has 3 amide bonds. The number of halogens is 1. The number of rotatable bonds is 6. The van der Waals surface area contributed by atoms with Crippen molar-refractivity contribution in [3.8, 4) is 0 Å². The largest absolute Gasteiger partial charge is 0.326 e. The van der Waals surface area contributed by atoms with Gasteiger partial charge in [-0.15, -0.1) is 0 Å². The number of nitrogens with one attached hydrogen (secondary N) is 1. The van der Waals surface area contributed by atoms with Gasteiger partial charge in [0.15, 0.2) is 0 Å². The Labute approximate surface area is 165 Å². The van der Waals surface area contributed by atoms with Gasteiger partial charge >= 0.3 is 0 Å². The van der Waals surface area contributed by atoms with Gasteiger partial charge in [-0.25, -0.2) is 0 Å². The molecule has 6 heteroatoms. The summed E-state index contributed by atoms with van der Waals surface area (Å²) in [4.78, 5) is 39.2. The average Bonchev–Trinajstić information content (AvgIpc) is 3.45. The molecule has 1 fully saturated rings. The normalized spacial score (nSPS) is 17.0. The molecule has 27 heavy (non-hydrogen) atoms. The molecular weight excluding hydrogens is 408 g/mol. The molecule has 2 aliphatic rings. The Bertz CT molecular complexity index is 888. The highest BCUT2D eigenvalue weighted by atomic mass is 79.9. The van der Waals surface area contributed by atoms with E-state index in [4.69, 9.17) is 0 Å². The lowest BCUT2D eigenvalue weighted by molar-refractivity contribution is -0.116. The standard InChI is InChI=1S/C21H19BrN2O3/c22-14-4-3-5-15(12-14)23-19(25)11-10-18(13-8-9-13)24-20(26)16-6-1-2-7-17(16)21(24)27/h1-7,12-13,18H,8-11H2,(H,23,25). The maximum absolute atomic E-state index is 12.8. The van der Waals surface area contributed by atoms with Crippen LogP contribution < -0.4 is 5.32 Å². The van der Waals surface area contributed by atoms with Crippen molar-refractivity contribution in [1.29, 1.82) is 0 Å². The number of carbonyl (C=O) groups is 3. The zero-order valence-electron chi connectivity index (χ0n) is 14.7. The van der Waals surface area contributed by atoms with Crippen LogP contribution in [-0.4, -0.2) is 28.7 Å². The molecule has 0 saturated heterocycles. The Kier molecular flexibility index (Phi) is 4.83. The summed E-state index contributed by atoms with van der Waals surface area (Å²) in [5.41, 5.74) is 1.65. The lowest BCUT2D eigenvalue weighted by Gasteiger charge is -2.26. The molecule has 1 atom stereocenters. The Morgan fingerprint density at radius 1 is 1.07 bits per heavy atom. The summed E-state index contributed by atoms with van der Waals surface area (Å²) in [6.45, 7) is 0. The fraction of sp³-hybridized carbons (Fsp3) is 0.286. The van der Waals surface area contributed by atoms with E-state index < -0.39 is 0 Å². The summed E-state index contributed by atoms with van der Waals surface area (Å²) in [7, 11) is 0. The van der Waals surface area contributed by atoms with E-state index in [0.29, 0.717) is 23.5 Å². The molecule has 0 spiro atoms. The topological polar surface area (TPSA) is 66.5 Å². The monoisotopic (exact) mass is 426 g/mol. The zero-order valence-corrected chi connectivity index (χ0v) is 16.2. The van der Waals surface area contributed by atoms with E-state index in [9.17, 15) is 14.4 Å². The summed E-state index contributed by atoms with van der Waals surface area (Å²) >= 11 is 3.38. The molecule has 1 aliphatic carbocycles. The number of carbonyl (C=O) groups excluding carboxylic acids is 3. The SMILES string of the molecule is O=C(CCC(C1CC1)N1C(=O)c2ccccc2C1=O)Nc1cccc(Br)c1. The first-order valence-corrected chi connectivity index (χ1v) is 9.86. The molecule has 2 aromatic rings. The fourth-order valence-electron chi connectivity index (χ4n) is 3.63. The van der Waals surface area contributed by atoms with Crippen LogP contribution in [0.3, 0.4) is 0 Å². The summed E-state index contributed by atoms with van der Waals surface area (Å²) in [5, 5.41) is 2.87. The molecule has 5 nitrogen and oxygen atoms in total. The molecule has 1 heterocycles. The average molecular weight is 427 g/mol. The molecule has 4 rings (SSSR count). The fourth-order valence-corrected chi connectivity index (χ4v) is 4.03. The molecule has 1 aliphatic heterocycles. The Morgan fingerprint density at radius 3 is 2.33 bits per heavy atom. The number of hydrogen-bond acceptors (Lipinski definition) is 3. The van der Waals surface area contributed by atoms with Crippen molar-refractivity contribution >= 4 is 39.3 Å². The third-order valence-electron chi connectivity index (χ3n) is 5.10. The van der Waals surface area contributed by atoms with E-state index in [1.807, 2.05) is 24.3 Å². The number of nitrogens with zero attached hydrogens (tertiary/aromatic N) is 1. The highest BCUT2D eigenvalue weighted by Gasteiger charge is 2.45. The Hall–Kier alpha value is -2.47. The second-order valence-corrected chi connectivity index (χ2v) is 7.94. The van der Waals surface area contributed by atoms with Crippen molar-refractivity contribution < 1.29 is 14.4 Å². The minimum Gasteiger partial charge on any atom is -0.326 e. The van der Waals surface area contributed by atoms with Gasteiger partial charge in [-0.3, -0.25) is 19.3 Å². The molecule has 1 saturated carbocycles. The van der Waals surface area contributed by atoms with Crippen LogP contribution in [0.2, 0.25) is 0 Å². The van der Waals surface area contributed by atoms with Crippen LogP contribution in [0.1, 0.15) is 46.4 Å². The third kappa shape index (κ3) is 3.67. The predicted octanol–water partition coefficient (Wildman–Crippen LogP) is 4.24. The highest BCUT2D eigenvalue weighted by Crippen LogP contribution is 2.40. The van der Waals surface area contributed by atoms with Crippen LogP contribution in [0.5, 0.6) is 0 Å². The number of fused-ring (bicyclic) bond motifs is 1. The summed E-state index contributed by atoms with van der Waals surface area (Å²) in [6, 6.07) is 14.1. The van der Waals surface area contributed by atoms with Gasteiger partial charge in [0, 0.05) is 22.6 Å². The van der Waals surface area contributed by atoms with Gasteiger partial charge in [0.2, 0.25) is 5.91 Å². The summed E-state index contributed by atoms with van der Waals surface area (Å²) in [6.07, 6.45) is 2.73. The first-order chi connectivity index (χ1) is 13.0. The van der Waals surface area contributed by atoms with E-state index in [1.54, 1.807) is 24.3 Å². The third-order valence-corrected chi connectivity index (χ3v) is 5.59. The number of benzene rings is 2. The molecule has 1 unspecified atom stereocenters. The van der Waals surface area contributed by atoms with Crippen molar-refractivity contribution in [2.24, 2.45) is 5.92 Å². The second kappa shape index (κ2) is 7.27.